The van der Waals surface area contributed by atoms with Crippen LogP contribution in [-0.4, -0.2) is 11.5 Å². The number of hydrogen-bond donors (Lipinski definition) is 1. The van der Waals surface area contributed by atoms with Gasteiger partial charge < -0.3 is 5.32 Å². The minimum atomic E-state index is -0.452. The molecule has 0 heterocycles. The van der Waals surface area contributed by atoms with Crippen molar-refractivity contribution in [1.82, 2.24) is 5.32 Å². The van der Waals surface area contributed by atoms with E-state index in [9.17, 15) is 10.1 Å². The lowest BCUT2D eigenvalue weighted by atomic mass is 9.94. The van der Waals surface area contributed by atoms with Crippen molar-refractivity contribution < 1.29 is 4.92 Å². The minimum absolute atomic E-state index is 0.0347. The van der Waals surface area contributed by atoms with Gasteiger partial charge >= 0.3 is 0 Å². The smallest absolute Gasteiger partial charge is 0.269 e. The molecule has 1 unspecified atom stereocenters. The van der Waals surface area contributed by atoms with Crippen LogP contribution in [0.2, 0.25) is 0 Å². The molecular formula is C15H21N3O2. The van der Waals surface area contributed by atoms with E-state index in [1.165, 1.54) is 6.07 Å². The molecule has 0 aliphatic heterocycles. The van der Waals surface area contributed by atoms with Gasteiger partial charge in [-0.1, -0.05) is 25.5 Å². The van der Waals surface area contributed by atoms with E-state index >= 15 is 0 Å². The lowest BCUT2D eigenvalue weighted by Crippen LogP contribution is -2.31. The Morgan fingerprint density at radius 1 is 1.50 bits per heavy atom. The number of rotatable bonds is 7. The summed E-state index contributed by atoms with van der Waals surface area (Å²) in [7, 11) is 0. The molecule has 5 nitrogen and oxygen atoms in total. The Labute approximate surface area is 119 Å². The maximum atomic E-state index is 10.8. The summed E-state index contributed by atoms with van der Waals surface area (Å²) in [5.41, 5.74) is 0.548. The molecule has 0 bridgehead atoms. The Bertz CT molecular complexity index is 506. The maximum Gasteiger partial charge on any atom is 0.269 e. The lowest BCUT2D eigenvalue weighted by molar-refractivity contribution is -0.384. The summed E-state index contributed by atoms with van der Waals surface area (Å²) in [4.78, 5) is 10.5. The highest BCUT2D eigenvalue weighted by molar-refractivity contribution is 5.35. The second-order valence-electron chi connectivity index (χ2n) is 5.57. The number of nitro groups is 1. The SMILES string of the molecule is CCCC(NCC(C)(C)C#N)c1cccc([N+](=O)[O-])c1. The molecule has 20 heavy (non-hydrogen) atoms. The Hall–Kier alpha value is -1.93. The van der Waals surface area contributed by atoms with Crippen molar-refractivity contribution in [3.8, 4) is 6.07 Å². The maximum absolute atomic E-state index is 10.8. The summed E-state index contributed by atoms with van der Waals surface area (Å²) < 4.78 is 0. The third-order valence-corrected chi connectivity index (χ3v) is 3.15. The van der Waals surface area contributed by atoms with E-state index in [-0.39, 0.29) is 16.7 Å². The van der Waals surface area contributed by atoms with Crippen molar-refractivity contribution in [3.63, 3.8) is 0 Å². The van der Waals surface area contributed by atoms with Crippen LogP contribution < -0.4 is 5.32 Å². The van der Waals surface area contributed by atoms with Crippen LogP contribution >= 0.6 is 0 Å². The first-order valence-corrected chi connectivity index (χ1v) is 6.78. The van der Waals surface area contributed by atoms with Crippen LogP contribution in [0.4, 0.5) is 5.69 Å². The van der Waals surface area contributed by atoms with Crippen LogP contribution in [0, 0.1) is 26.9 Å². The number of nitrogens with zero attached hydrogens (tertiary/aromatic N) is 2. The summed E-state index contributed by atoms with van der Waals surface area (Å²) in [5, 5.41) is 23.2. The molecule has 1 rings (SSSR count). The number of nitriles is 1. The first kappa shape index (κ1) is 16.1. The zero-order valence-electron chi connectivity index (χ0n) is 12.2. The topological polar surface area (TPSA) is 79.0 Å². The first-order chi connectivity index (χ1) is 9.39. The van der Waals surface area contributed by atoms with E-state index in [0.29, 0.717) is 6.54 Å². The van der Waals surface area contributed by atoms with Crippen LogP contribution in [0.3, 0.4) is 0 Å². The molecule has 5 heteroatoms. The minimum Gasteiger partial charge on any atom is -0.308 e. The molecule has 0 spiro atoms. The molecular weight excluding hydrogens is 254 g/mol. The summed E-state index contributed by atoms with van der Waals surface area (Å²) in [6, 6.07) is 8.97. The number of benzene rings is 1. The van der Waals surface area contributed by atoms with Crippen molar-refractivity contribution in [3.05, 3.63) is 39.9 Å². The van der Waals surface area contributed by atoms with Crippen molar-refractivity contribution in [2.24, 2.45) is 5.41 Å². The van der Waals surface area contributed by atoms with E-state index in [2.05, 4.69) is 18.3 Å². The van der Waals surface area contributed by atoms with Gasteiger partial charge in [0.15, 0.2) is 0 Å². The Morgan fingerprint density at radius 2 is 2.20 bits per heavy atom. The van der Waals surface area contributed by atoms with Crippen LogP contribution in [0.15, 0.2) is 24.3 Å². The lowest BCUT2D eigenvalue weighted by Gasteiger charge is -2.23. The Morgan fingerprint density at radius 3 is 2.75 bits per heavy atom. The number of hydrogen-bond acceptors (Lipinski definition) is 4. The fraction of sp³-hybridized carbons (Fsp3) is 0.533. The Balaban J connectivity index is 2.88. The third kappa shape index (κ3) is 4.63. The number of nitrogens with one attached hydrogen (secondary N) is 1. The second kappa shape index (κ2) is 7.01. The van der Waals surface area contributed by atoms with Gasteiger partial charge in [-0.05, 0) is 25.8 Å². The molecule has 0 radical (unpaired) electrons. The molecule has 1 aromatic rings. The monoisotopic (exact) mass is 275 g/mol. The zero-order chi connectivity index (χ0) is 15.2. The summed E-state index contributed by atoms with van der Waals surface area (Å²) in [6.45, 7) is 6.37. The van der Waals surface area contributed by atoms with Crippen LogP contribution in [0.25, 0.3) is 0 Å². The molecule has 0 aliphatic rings. The Kier molecular flexibility index (Phi) is 5.66. The molecule has 1 atom stereocenters. The van der Waals surface area contributed by atoms with Crippen LogP contribution in [-0.2, 0) is 0 Å². The van der Waals surface area contributed by atoms with E-state index in [1.54, 1.807) is 12.1 Å². The molecule has 1 N–H and O–H groups in total. The molecule has 108 valence electrons. The van der Waals surface area contributed by atoms with Gasteiger partial charge in [-0.15, -0.1) is 0 Å². The van der Waals surface area contributed by atoms with Gasteiger partial charge in [0, 0.05) is 24.7 Å². The van der Waals surface area contributed by atoms with E-state index < -0.39 is 5.41 Å². The molecule has 0 saturated heterocycles. The quantitative estimate of drug-likeness (QED) is 0.609. The second-order valence-corrected chi connectivity index (χ2v) is 5.57. The van der Waals surface area contributed by atoms with Crippen LogP contribution in [0.1, 0.15) is 45.2 Å². The molecule has 0 aromatic heterocycles. The van der Waals surface area contributed by atoms with E-state index in [4.69, 9.17) is 5.26 Å². The molecule has 1 aromatic carbocycles. The van der Waals surface area contributed by atoms with Gasteiger partial charge in [0.2, 0.25) is 0 Å². The van der Waals surface area contributed by atoms with Crippen LogP contribution in [0.5, 0.6) is 0 Å². The molecule has 0 saturated carbocycles. The highest BCUT2D eigenvalue weighted by atomic mass is 16.6. The number of non-ortho nitro benzene ring substituents is 1. The summed E-state index contributed by atoms with van der Waals surface area (Å²) in [6.07, 6.45) is 1.84. The van der Waals surface area contributed by atoms with Crippen molar-refractivity contribution in [1.29, 1.82) is 5.26 Å². The molecule has 0 amide bonds. The van der Waals surface area contributed by atoms with Gasteiger partial charge in [-0.3, -0.25) is 10.1 Å². The zero-order valence-corrected chi connectivity index (χ0v) is 12.2. The predicted octanol–water partition coefficient (Wildman–Crippen LogP) is 3.58. The highest BCUT2D eigenvalue weighted by Crippen LogP contribution is 2.24. The number of nitro benzene ring substituents is 1. The summed E-state index contributed by atoms with van der Waals surface area (Å²) >= 11 is 0. The largest absolute Gasteiger partial charge is 0.308 e. The molecule has 0 fully saturated rings. The third-order valence-electron chi connectivity index (χ3n) is 3.15. The fourth-order valence-corrected chi connectivity index (χ4v) is 1.95. The average Bonchev–Trinajstić information content (AvgIpc) is 2.43. The average molecular weight is 275 g/mol. The normalized spacial score (nSPS) is 12.7. The van der Waals surface area contributed by atoms with Gasteiger partial charge in [-0.25, -0.2) is 0 Å². The van der Waals surface area contributed by atoms with E-state index in [0.717, 1.165) is 18.4 Å². The van der Waals surface area contributed by atoms with E-state index in [1.807, 2.05) is 19.9 Å². The summed E-state index contributed by atoms with van der Waals surface area (Å²) in [5.74, 6) is 0. The van der Waals surface area contributed by atoms with Crippen molar-refractivity contribution in [2.75, 3.05) is 6.54 Å². The fourth-order valence-electron chi connectivity index (χ4n) is 1.95. The first-order valence-electron chi connectivity index (χ1n) is 6.78. The highest BCUT2D eigenvalue weighted by Gasteiger charge is 2.20. The van der Waals surface area contributed by atoms with Gasteiger partial charge in [0.05, 0.1) is 16.4 Å². The van der Waals surface area contributed by atoms with Crippen molar-refractivity contribution >= 4 is 5.69 Å². The predicted molar refractivity (Wildman–Crippen MR) is 78.1 cm³/mol. The van der Waals surface area contributed by atoms with Gasteiger partial charge in [0.1, 0.15) is 0 Å². The van der Waals surface area contributed by atoms with Gasteiger partial charge in [0.25, 0.3) is 5.69 Å². The van der Waals surface area contributed by atoms with Crippen molar-refractivity contribution in [2.45, 2.75) is 39.7 Å². The standard InChI is InChI=1S/C15H21N3O2/c1-4-6-14(17-11-15(2,3)10-16)12-7-5-8-13(9-12)18(19)20/h5,7-9,14,17H,4,6,11H2,1-3H3. The van der Waals surface area contributed by atoms with Gasteiger partial charge in [-0.2, -0.15) is 5.26 Å². The molecule has 0 aliphatic carbocycles.